The first-order chi connectivity index (χ1) is 13.6. The fraction of sp³-hybridized carbons (Fsp3) is 0.900. The van der Waals surface area contributed by atoms with Crippen molar-refractivity contribution in [2.45, 2.75) is 90.7 Å². The highest BCUT2D eigenvalue weighted by Gasteiger charge is 2.43. The maximum atomic E-state index is 12.6. The van der Waals surface area contributed by atoms with Gasteiger partial charge in [-0.15, -0.1) is 0 Å². The summed E-state index contributed by atoms with van der Waals surface area (Å²) in [6.45, 7) is 10.2. The van der Waals surface area contributed by atoms with E-state index in [4.69, 9.17) is 18.3 Å². The molecule has 1 rings (SSSR count). The molecule has 168 valence electrons. The highest BCUT2D eigenvalue weighted by molar-refractivity contribution is 7.48. The Morgan fingerprint density at radius 3 is 2.31 bits per heavy atom. The lowest BCUT2D eigenvalue weighted by Crippen LogP contribution is -2.55. The van der Waals surface area contributed by atoms with Gasteiger partial charge in [-0.25, -0.2) is 9.36 Å². The van der Waals surface area contributed by atoms with Gasteiger partial charge in [0, 0.05) is 6.54 Å². The van der Waals surface area contributed by atoms with Crippen molar-refractivity contribution in [3.05, 3.63) is 0 Å². The molecular formula is C20H37N2O6P. The summed E-state index contributed by atoms with van der Waals surface area (Å²) >= 11 is 0. The average Bonchev–Trinajstić information content (AvgIpc) is 2.63. The van der Waals surface area contributed by atoms with Gasteiger partial charge >= 0.3 is 13.9 Å². The SMILES string of the molecule is CCOP(=O)(OCC)OCCCCCC1(C#N)CCCCN1C(=O)OC(C)(C)C. The van der Waals surface area contributed by atoms with Gasteiger partial charge in [0.1, 0.15) is 11.1 Å². The molecule has 1 aliphatic rings. The Hall–Kier alpha value is -1.13. The Kier molecular flexibility index (Phi) is 10.6. The maximum absolute atomic E-state index is 12.6. The van der Waals surface area contributed by atoms with Gasteiger partial charge in [-0.3, -0.25) is 18.5 Å². The molecular weight excluding hydrogens is 395 g/mol. The third kappa shape index (κ3) is 8.64. The molecule has 1 heterocycles. The molecule has 0 aromatic carbocycles. The van der Waals surface area contributed by atoms with Crippen molar-refractivity contribution < 1.29 is 27.7 Å². The largest absolute Gasteiger partial charge is 0.474 e. The summed E-state index contributed by atoms with van der Waals surface area (Å²) in [5.74, 6) is 0. The second-order valence-electron chi connectivity index (χ2n) is 8.16. The lowest BCUT2D eigenvalue weighted by molar-refractivity contribution is -0.00468. The van der Waals surface area contributed by atoms with Crippen molar-refractivity contribution in [2.24, 2.45) is 0 Å². The van der Waals surface area contributed by atoms with Crippen LogP contribution in [0.1, 0.15) is 79.6 Å². The number of hydrogen-bond acceptors (Lipinski definition) is 7. The zero-order valence-corrected chi connectivity index (χ0v) is 19.5. The van der Waals surface area contributed by atoms with Gasteiger partial charge in [0.25, 0.3) is 0 Å². The molecule has 0 aliphatic carbocycles. The Labute approximate surface area is 175 Å². The minimum atomic E-state index is -3.48. The van der Waals surface area contributed by atoms with Gasteiger partial charge in [-0.1, -0.05) is 6.42 Å². The third-order valence-corrected chi connectivity index (χ3v) is 6.27. The van der Waals surface area contributed by atoms with E-state index in [1.807, 2.05) is 20.8 Å². The van der Waals surface area contributed by atoms with Crippen molar-refractivity contribution in [2.75, 3.05) is 26.4 Å². The zero-order valence-electron chi connectivity index (χ0n) is 18.6. The van der Waals surface area contributed by atoms with E-state index in [1.165, 1.54) is 0 Å². The van der Waals surface area contributed by atoms with Crippen LogP contribution < -0.4 is 0 Å². The average molecular weight is 432 g/mol. The summed E-state index contributed by atoms with van der Waals surface area (Å²) in [5, 5.41) is 9.89. The lowest BCUT2D eigenvalue weighted by atomic mass is 9.83. The Morgan fingerprint density at radius 1 is 1.10 bits per heavy atom. The number of piperidine rings is 1. The molecule has 1 amide bonds. The third-order valence-electron chi connectivity index (χ3n) is 4.62. The van der Waals surface area contributed by atoms with Crippen LogP contribution in [-0.4, -0.2) is 48.5 Å². The number of ether oxygens (including phenoxy) is 1. The van der Waals surface area contributed by atoms with Crippen molar-refractivity contribution >= 4 is 13.9 Å². The van der Waals surface area contributed by atoms with Crippen LogP contribution in [0, 0.1) is 11.3 Å². The van der Waals surface area contributed by atoms with Crippen molar-refractivity contribution in [3.8, 4) is 6.07 Å². The van der Waals surface area contributed by atoms with Crippen LogP contribution in [0.5, 0.6) is 0 Å². The van der Waals surface area contributed by atoms with Gasteiger partial charge in [-0.2, -0.15) is 5.26 Å². The molecule has 0 saturated carbocycles. The molecule has 1 unspecified atom stereocenters. The smallest absolute Gasteiger partial charge is 0.444 e. The van der Waals surface area contributed by atoms with Crippen molar-refractivity contribution in [3.63, 3.8) is 0 Å². The number of carbonyl (C=O) groups is 1. The monoisotopic (exact) mass is 432 g/mol. The number of unbranched alkanes of at least 4 members (excludes halogenated alkanes) is 2. The van der Waals surface area contributed by atoms with Gasteiger partial charge in [0.2, 0.25) is 0 Å². The minimum Gasteiger partial charge on any atom is -0.444 e. The standard InChI is InChI=1S/C20H37N2O6P/c1-6-25-29(24,26-7-2)27-16-12-8-9-13-20(17-21)14-10-11-15-22(20)18(23)28-19(3,4)5/h6-16H2,1-5H3. The molecule has 9 heteroatoms. The second-order valence-corrected chi connectivity index (χ2v) is 9.83. The van der Waals surface area contributed by atoms with Crippen LogP contribution in [0.4, 0.5) is 4.79 Å². The quantitative estimate of drug-likeness (QED) is 0.317. The first-order valence-corrected chi connectivity index (χ1v) is 12.0. The number of hydrogen-bond donors (Lipinski definition) is 0. The van der Waals surface area contributed by atoms with Crippen molar-refractivity contribution in [1.29, 1.82) is 5.26 Å². The normalized spacial score (nSPS) is 20.3. The second kappa shape index (κ2) is 11.9. The van der Waals surface area contributed by atoms with E-state index < -0.39 is 25.1 Å². The highest BCUT2D eigenvalue weighted by Crippen LogP contribution is 2.49. The molecule has 0 N–H and O–H groups in total. The summed E-state index contributed by atoms with van der Waals surface area (Å²) in [6.07, 6.45) is 4.81. The molecule has 1 fully saturated rings. The van der Waals surface area contributed by atoms with Crippen LogP contribution in [0.25, 0.3) is 0 Å². The molecule has 0 bridgehead atoms. The number of nitriles is 1. The minimum absolute atomic E-state index is 0.252. The predicted molar refractivity (Wildman–Crippen MR) is 110 cm³/mol. The van der Waals surface area contributed by atoms with Gasteiger partial charge in [0.05, 0.1) is 25.9 Å². The zero-order chi connectivity index (χ0) is 22.0. The number of nitrogens with zero attached hydrogens (tertiary/aromatic N) is 2. The van der Waals surface area contributed by atoms with Gasteiger partial charge in [0.15, 0.2) is 0 Å². The molecule has 1 aliphatic heterocycles. The molecule has 0 spiro atoms. The van der Waals surface area contributed by atoms with Crippen molar-refractivity contribution in [1.82, 2.24) is 4.90 Å². The molecule has 0 aromatic heterocycles. The molecule has 1 atom stereocenters. The van der Waals surface area contributed by atoms with E-state index in [0.717, 1.165) is 25.7 Å². The fourth-order valence-corrected chi connectivity index (χ4v) is 4.56. The molecule has 8 nitrogen and oxygen atoms in total. The van der Waals surface area contributed by atoms with E-state index >= 15 is 0 Å². The molecule has 1 saturated heterocycles. The van der Waals surface area contributed by atoms with Crippen LogP contribution in [0.3, 0.4) is 0 Å². The number of amides is 1. The summed E-state index contributed by atoms with van der Waals surface area (Å²) in [6, 6.07) is 2.39. The lowest BCUT2D eigenvalue weighted by Gasteiger charge is -2.42. The fourth-order valence-electron chi connectivity index (χ4n) is 3.35. The topological polar surface area (TPSA) is 98.1 Å². The van der Waals surface area contributed by atoms with E-state index in [0.29, 0.717) is 25.8 Å². The summed E-state index contributed by atoms with van der Waals surface area (Å²) in [4.78, 5) is 14.2. The first kappa shape index (κ1) is 25.9. The first-order valence-electron chi connectivity index (χ1n) is 10.6. The summed E-state index contributed by atoms with van der Waals surface area (Å²) in [7, 11) is -3.48. The van der Waals surface area contributed by atoms with Crippen LogP contribution in [0.15, 0.2) is 0 Å². The molecule has 0 aromatic rings. The number of rotatable bonds is 11. The van der Waals surface area contributed by atoms with Crippen LogP contribution in [0.2, 0.25) is 0 Å². The van der Waals surface area contributed by atoms with E-state index in [9.17, 15) is 14.6 Å². The summed E-state index contributed by atoms with van der Waals surface area (Å²) in [5.41, 5.74) is -1.42. The Balaban J connectivity index is 2.55. The number of phosphoric ester groups is 1. The summed E-state index contributed by atoms with van der Waals surface area (Å²) < 4.78 is 33.3. The molecule has 0 radical (unpaired) electrons. The van der Waals surface area contributed by atoms with E-state index in [-0.39, 0.29) is 19.8 Å². The maximum Gasteiger partial charge on any atom is 0.474 e. The van der Waals surface area contributed by atoms with E-state index in [1.54, 1.807) is 18.7 Å². The number of phosphoric acid groups is 1. The van der Waals surface area contributed by atoms with Gasteiger partial charge in [-0.05, 0) is 73.1 Å². The molecule has 29 heavy (non-hydrogen) atoms. The Bertz CT molecular complexity index is 591. The van der Waals surface area contributed by atoms with Crippen LogP contribution in [-0.2, 0) is 22.9 Å². The van der Waals surface area contributed by atoms with E-state index in [2.05, 4.69) is 6.07 Å². The predicted octanol–water partition coefficient (Wildman–Crippen LogP) is 5.43. The number of carbonyl (C=O) groups excluding carboxylic acids is 1. The number of likely N-dealkylation sites (tertiary alicyclic amines) is 1. The van der Waals surface area contributed by atoms with Gasteiger partial charge < -0.3 is 4.74 Å². The highest BCUT2D eigenvalue weighted by atomic mass is 31.2. The Morgan fingerprint density at radius 2 is 1.76 bits per heavy atom. The van der Waals surface area contributed by atoms with Crippen LogP contribution >= 0.6 is 7.82 Å².